The van der Waals surface area contributed by atoms with E-state index in [-0.39, 0.29) is 18.9 Å². The Morgan fingerprint density at radius 2 is 1.67 bits per heavy atom. The van der Waals surface area contributed by atoms with Crippen molar-refractivity contribution < 1.29 is 23.2 Å². The van der Waals surface area contributed by atoms with E-state index in [0.29, 0.717) is 10.7 Å². The molecule has 2 N–H and O–H groups in total. The quantitative estimate of drug-likeness (QED) is 0.786. The maximum atomic E-state index is 13.6. The van der Waals surface area contributed by atoms with Crippen molar-refractivity contribution in [3.8, 4) is 0 Å². The summed E-state index contributed by atoms with van der Waals surface area (Å²) in [6.45, 7) is 0.107. The third kappa shape index (κ3) is 4.06. The number of halogens is 3. The molecule has 0 radical (unpaired) electrons. The molecule has 27 heavy (non-hydrogen) atoms. The van der Waals surface area contributed by atoms with Crippen molar-refractivity contribution in [3.63, 3.8) is 0 Å². The summed E-state index contributed by atoms with van der Waals surface area (Å²) in [5.41, 5.74) is 3.87. The van der Waals surface area contributed by atoms with E-state index in [1.165, 1.54) is 4.90 Å². The Kier molecular flexibility index (Phi) is 5.36. The van der Waals surface area contributed by atoms with Crippen molar-refractivity contribution in [3.05, 3.63) is 64.7 Å². The van der Waals surface area contributed by atoms with Gasteiger partial charge in [0.05, 0.1) is 5.92 Å². The molecule has 0 aromatic heterocycles. The largest absolute Gasteiger partial charge is 0.312 e. The lowest BCUT2D eigenvalue weighted by Crippen LogP contribution is -2.45. The first kappa shape index (κ1) is 18.8. The molecule has 0 unspecified atom stereocenters. The number of nitrogens with zero attached hydrogens (tertiary/aromatic N) is 1. The lowest BCUT2D eigenvalue weighted by atomic mass is 10.1. The average Bonchev–Trinajstić information content (AvgIpc) is 3.02. The minimum Gasteiger partial charge on any atom is -0.312 e. The van der Waals surface area contributed by atoms with Gasteiger partial charge >= 0.3 is 0 Å². The molecule has 3 rings (SSSR count). The van der Waals surface area contributed by atoms with Gasteiger partial charge in [0.25, 0.3) is 5.91 Å². The van der Waals surface area contributed by atoms with Crippen LogP contribution in [0, 0.1) is 17.6 Å². The summed E-state index contributed by atoms with van der Waals surface area (Å²) < 4.78 is 27.1. The maximum Gasteiger partial charge on any atom is 0.275 e. The third-order valence-electron chi connectivity index (χ3n) is 4.12. The predicted molar refractivity (Wildman–Crippen MR) is 93.9 cm³/mol. The van der Waals surface area contributed by atoms with Crippen LogP contribution in [0.3, 0.4) is 0 Å². The Bertz CT molecular complexity index is 885. The number of carbonyl (C=O) groups is 3. The van der Waals surface area contributed by atoms with E-state index in [0.717, 1.165) is 18.2 Å². The van der Waals surface area contributed by atoms with Crippen molar-refractivity contribution in [2.45, 2.75) is 6.42 Å². The Hall–Kier alpha value is -3.00. The van der Waals surface area contributed by atoms with E-state index in [1.807, 2.05) is 5.43 Å². The zero-order valence-corrected chi connectivity index (χ0v) is 14.6. The number of hydrazine groups is 1. The van der Waals surface area contributed by atoms with Crippen molar-refractivity contribution in [2.75, 3.05) is 11.4 Å². The van der Waals surface area contributed by atoms with Gasteiger partial charge in [-0.2, -0.15) is 0 Å². The van der Waals surface area contributed by atoms with E-state index in [4.69, 9.17) is 11.6 Å². The Morgan fingerprint density at radius 1 is 1.04 bits per heavy atom. The van der Waals surface area contributed by atoms with Crippen LogP contribution in [-0.2, 0) is 9.59 Å². The Labute approximate surface area is 158 Å². The van der Waals surface area contributed by atoms with Crippen LogP contribution >= 0.6 is 11.6 Å². The highest BCUT2D eigenvalue weighted by molar-refractivity contribution is 6.30. The second-order valence-corrected chi connectivity index (χ2v) is 6.36. The average molecular weight is 394 g/mol. The van der Waals surface area contributed by atoms with Crippen LogP contribution in [0.5, 0.6) is 0 Å². The smallest absolute Gasteiger partial charge is 0.275 e. The van der Waals surface area contributed by atoms with Crippen LogP contribution < -0.4 is 15.8 Å². The summed E-state index contributed by atoms with van der Waals surface area (Å²) >= 11 is 5.82. The van der Waals surface area contributed by atoms with E-state index in [2.05, 4.69) is 5.43 Å². The van der Waals surface area contributed by atoms with Gasteiger partial charge in [-0.3, -0.25) is 25.2 Å². The SMILES string of the molecule is O=C(NNC(=O)[C@H]1CC(=O)N(c2ccc(Cl)cc2)C1)c1c(F)cccc1F. The maximum absolute atomic E-state index is 13.6. The van der Waals surface area contributed by atoms with Gasteiger partial charge in [0.15, 0.2) is 0 Å². The summed E-state index contributed by atoms with van der Waals surface area (Å²) in [7, 11) is 0. The van der Waals surface area contributed by atoms with Crippen LogP contribution in [-0.4, -0.2) is 24.3 Å². The molecule has 0 bridgehead atoms. The van der Waals surface area contributed by atoms with Crippen molar-refractivity contribution in [1.82, 2.24) is 10.9 Å². The first-order valence-corrected chi connectivity index (χ1v) is 8.34. The molecule has 1 aliphatic rings. The van der Waals surface area contributed by atoms with Crippen LogP contribution in [0.15, 0.2) is 42.5 Å². The van der Waals surface area contributed by atoms with Crippen molar-refractivity contribution in [2.24, 2.45) is 5.92 Å². The minimum absolute atomic E-state index is 0.0572. The fourth-order valence-corrected chi connectivity index (χ4v) is 2.88. The first-order valence-electron chi connectivity index (χ1n) is 7.97. The molecule has 1 fully saturated rings. The third-order valence-corrected chi connectivity index (χ3v) is 4.38. The fourth-order valence-electron chi connectivity index (χ4n) is 2.75. The molecule has 1 saturated heterocycles. The monoisotopic (exact) mass is 393 g/mol. The number of amides is 3. The van der Waals surface area contributed by atoms with E-state index in [1.54, 1.807) is 24.3 Å². The molecule has 9 heteroatoms. The summed E-state index contributed by atoms with van der Waals surface area (Å²) in [4.78, 5) is 37.7. The van der Waals surface area contributed by atoms with Crippen LogP contribution in [0.1, 0.15) is 16.8 Å². The molecule has 2 aromatic rings. The van der Waals surface area contributed by atoms with Gasteiger partial charge in [0.1, 0.15) is 17.2 Å². The van der Waals surface area contributed by atoms with E-state index >= 15 is 0 Å². The van der Waals surface area contributed by atoms with Gasteiger partial charge in [-0.1, -0.05) is 17.7 Å². The summed E-state index contributed by atoms with van der Waals surface area (Å²) in [6.07, 6.45) is -0.0572. The molecular weight excluding hydrogens is 380 g/mol. The second-order valence-electron chi connectivity index (χ2n) is 5.92. The molecule has 2 aromatic carbocycles. The molecule has 3 amide bonds. The van der Waals surface area contributed by atoms with E-state index in [9.17, 15) is 23.2 Å². The normalized spacial score (nSPS) is 16.3. The molecule has 0 spiro atoms. The van der Waals surface area contributed by atoms with Gasteiger partial charge in [0.2, 0.25) is 11.8 Å². The zero-order valence-electron chi connectivity index (χ0n) is 13.8. The summed E-state index contributed by atoms with van der Waals surface area (Å²) in [6, 6.07) is 9.54. The second kappa shape index (κ2) is 7.71. The molecular formula is C18H14ClF2N3O3. The molecule has 0 aliphatic carbocycles. The fraction of sp³-hybridized carbons (Fsp3) is 0.167. The molecule has 6 nitrogen and oxygen atoms in total. The number of anilines is 1. The van der Waals surface area contributed by atoms with Gasteiger partial charge in [-0.15, -0.1) is 0 Å². The Balaban J connectivity index is 1.61. The molecule has 1 heterocycles. The van der Waals surface area contributed by atoms with Crippen LogP contribution in [0.25, 0.3) is 0 Å². The molecule has 140 valence electrons. The van der Waals surface area contributed by atoms with Crippen LogP contribution in [0.2, 0.25) is 5.02 Å². The minimum atomic E-state index is -1.13. The zero-order chi connectivity index (χ0) is 19.6. The number of hydrogen-bond donors (Lipinski definition) is 2. The van der Waals surface area contributed by atoms with Crippen molar-refractivity contribution >= 4 is 35.0 Å². The van der Waals surface area contributed by atoms with Gasteiger partial charge in [-0.05, 0) is 36.4 Å². The van der Waals surface area contributed by atoms with Gasteiger partial charge < -0.3 is 4.90 Å². The lowest BCUT2D eigenvalue weighted by Gasteiger charge is -2.17. The highest BCUT2D eigenvalue weighted by Crippen LogP contribution is 2.26. The predicted octanol–water partition coefficient (Wildman–Crippen LogP) is 2.43. The van der Waals surface area contributed by atoms with Crippen molar-refractivity contribution in [1.29, 1.82) is 0 Å². The van der Waals surface area contributed by atoms with Gasteiger partial charge in [-0.25, -0.2) is 8.78 Å². The molecule has 1 aliphatic heterocycles. The lowest BCUT2D eigenvalue weighted by molar-refractivity contribution is -0.126. The van der Waals surface area contributed by atoms with E-state index < -0.39 is 34.9 Å². The topological polar surface area (TPSA) is 78.5 Å². The molecule has 1 atom stereocenters. The van der Waals surface area contributed by atoms with Gasteiger partial charge in [0, 0.05) is 23.7 Å². The summed E-state index contributed by atoms with van der Waals surface area (Å²) in [5, 5.41) is 0.516. The standard InChI is InChI=1S/C18H14ClF2N3O3/c19-11-4-6-12(7-5-11)24-9-10(8-15(24)25)17(26)22-23-18(27)16-13(20)2-1-3-14(16)21/h1-7,10H,8-9H2,(H,22,26)(H,23,27)/t10-/m0/s1. The molecule has 0 saturated carbocycles. The number of hydrogen-bond acceptors (Lipinski definition) is 3. The van der Waals surface area contributed by atoms with Crippen LogP contribution in [0.4, 0.5) is 14.5 Å². The first-order chi connectivity index (χ1) is 12.9. The Morgan fingerprint density at radius 3 is 2.30 bits per heavy atom. The highest BCUT2D eigenvalue weighted by atomic mass is 35.5. The number of rotatable bonds is 3. The number of nitrogens with one attached hydrogen (secondary N) is 2. The number of carbonyl (C=O) groups excluding carboxylic acids is 3. The highest BCUT2D eigenvalue weighted by Gasteiger charge is 2.35. The number of benzene rings is 2. The summed E-state index contributed by atoms with van der Waals surface area (Å²) in [5.74, 6) is -4.84.